The third-order valence-electron chi connectivity index (χ3n) is 5.29. The highest BCUT2D eigenvalue weighted by molar-refractivity contribution is 5.97. The van der Waals surface area contributed by atoms with Crippen molar-refractivity contribution in [3.63, 3.8) is 0 Å². The molecule has 2 aliphatic rings. The summed E-state index contributed by atoms with van der Waals surface area (Å²) in [6, 6.07) is 11.5. The number of methoxy groups -OCH3 is 1. The predicted octanol–water partition coefficient (Wildman–Crippen LogP) is 2.47. The second kappa shape index (κ2) is 7.13. The van der Waals surface area contributed by atoms with Crippen LogP contribution >= 0.6 is 0 Å². The predicted molar refractivity (Wildman–Crippen MR) is 99.7 cm³/mol. The van der Waals surface area contributed by atoms with Crippen LogP contribution in [0.25, 0.3) is 0 Å². The Bertz CT molecular complexity index is 972. The minimum Gasteiger partial charge on any atom is -0.496 e. The standard InChI is InChI=1S/C21H20FN3O3/c1-27-19-8-14(10-23)2-3-15(19)11-25-7-6-21(13-25)12-24-20(26)17-9-16(22)4-5-18(17)28-21/h2-5,8-9H,6-7,11-13H2,1H3,(H,24,26)/t21-/m0/s1. The molecule has 1 N–H and O–H groups in total. The molecular formula is C21H20FN3O3. The van der Waals surface area contributed by atoms with Crippen LogP contribution in [-0.4, -0.2) is 43.2 Å². The first kappa shape index (κ1) is 18.3. The molecule has 1 atom stereocenters. The molecule has 7 heteroatoms. The number of amides is 1. The smallest absolute Gasteiger partial charge is 0.255 e. The Morgan fingerprint density at radius 1 is 1.36 bits per heavy atom. The SMILES string of the molecule is COc1cc(C#N)ccc1CN1CC[C@]2(CNC(=O)c3cc(F)ccc3O2)C1. The number of halogens is 1. The molecule has 0 bridgehead atoms. The summed E-state index contributed by atoms with van der Waals surface area (Å²) in [7, 11) is 1.59. The molecule has 1 amide bonds. The molecule has 6 nitrogen and oxygen atoms in total. The Morgan fingerprint density at radius 2 is 2.21 bits per heavy atom. The summed E-state index contributed by atoms with van der Waals surface area (Å²) in [5.74, 6) is 0.304. The number of nitrogens with one attached hydrogen (secondary N) is 1. The summed E-state index contributed by atoms with van der Waals surface area (Å²) in [4.78, 5) is 14.5. The second-order valence-corrected chi connectivity index (χ2v) is 7.21. The van der Waals surface area contributed by atoms with E-state index in [-0.39, 0.29) is 11.5 Å². The number of carbonyl (C=O) groups excluding carboxylic acids is 1. The van der Waals surface area contributed by atoms with Gasteiger partial charge in [0.1, 0.15) is 22.9 Å². The van der Waals surface area contributed by atoms with Crippen LogP contribution in [0.2, 0.25) is 0 Å². The first-order valence-electron chi connectivity index (χ1n) is 9.08. The molecule has 0 aromatic heterocycles. The summed E-state index contributed by atoms with van der Waals surface area (Å²) in [6.45, 7) is 2.41. The first-order valence-corrected chi connectivity index (χ1v) is 9.08. The molecule has 4 rings (SSSR count). The molecule has 1 fully saturated rings. The maximum atomic E-state index is 13.5. The number of nitrogens with zero attached hydrogens (tertiary/aromatic N) is 2. The number of fused-ring (bicyclic) bond motifs is 1. The van der Waals surface area contributed by atoms with E-state index >= 15 is 0 Å². The quantitative estimate of drug-likeness (QED) is 0.884. The maximum Gasteiger partial charge on any atom is 0.255 e. The Balaban J connectivity index is 1.53. The molecule has 2 heterocycles. The van der Waals surface area contributed by atoms with Crippen molar-refractivity contribution in [1.82, 2.24) is 10.2 Å². The van der Waals surface area contributed by atoms with Crippen LogP contribution < -0.4 is 14.8 Å². The van der Waals surface area contributed by atoms with E-state index in [1.54, 1.807) is 19.2 Å². The maximum absolute atomic E-state index is 13.5. The van der Waals surface area contributed by atoms with Crippen LogP contribution in [0.15, 0.2) is 36.4 Å². The van der Waals surface area contributed by atoms with Crippen molar-refractivity contribution in [3.8, 4) is 17.6 Å². The van der Waals surface area contributed by atoms with Crippen molar-refractivity contribution in [2.24, 2.45) is 0 Å². The highest BCUT2D eigenvalue weighted by Gasteiger charge is 2.43. The number of hydrogen-bond donors (Lipinski definition) is 1. The zero-order chi connectivity index (χ0) is 19.7. The van der Waals surface area contributed by atoms with Crippen molar-refractivity contribution < 1.29 is 18.7 Å². The lowest BCUT2D eigenvalue weighted by atomic mass is 10.0. The van der Waals surface area contributed by atoms with Gasteiger partial charge in [-0.3, -0.25) is 9.69 Å². The highest BCUT2D eigenvalue weighted by atomic mass is 19.1. The van der Waals surface area contributed by atoms with Gasteiger partial charge in [-0.2, -0.15) is 5.26 Å². The number of rotatable bonds is 3. The lowest BCUT2D eigenvalue weighted by Crippen LogP contribution is -2.47. The van der Waals surface area contributed by atoms with E-state index in [0.717, 1.165) is 18.5 Å². The van der Waals surface area contributed by atoms with Crippen molar-refractivity contribution in [2.75, 3.05) is 26.7 Å². The number of likely N-dealkylation sites (tertiary alicyclic amines) is 1. The van der Waals surface area contributed by atoms with Crippen LogP contribution in [0.5, 0.6) is 11.5 Å². The zero-order valence-corrected chi connectivity index (χ0v) is 15.5. The average molecular weight is 381 g/mol. The Kier molecular flexibility index (Phi) is 4.65. The van der Waals surface area contributed by atoms with Gasteiger partial charge in [-0.05, 0) is 30.3 Å². The van der Waals surface area contributed by atoms with E-state index in [1.165, 1.54) is 18.2 Å². The average Bonchev–Trinajstić information content (AvgIpc) is 3.04. The fourth-order valence-electron chi connectivity index (χ4n) is 3.85. The number of benzene rings is 2. The summed E-state index contributed by atoms with van der Waals surface area (Å²) in [6.07, 6.45) is 0.739. The number of hydrogen-bond acceptors (Lipinski definition) is 5. The van der Waals surface area contributed by atoms with Gasteiger partial charge in [0, 0.05) is 31.6 Å². The van der Waals surface area contributed by atoms with Crippen LogP contribution in [-0.2, 0) is 6.54 Å². The second-order valence-electron chi connectivity index (χ2n) is 7.21. The lowest BCUT2D eigenvalue weighted by molar-refractivity contribution is 0.0759. The molecule has 2 aliphatic heterocycles. The van der Waals surface area contributed by atoms with Gasteiger partial charge in [0.05, 0.1) is 30.9 Å². The third-order valence-corrected chi connectivity index (χ3v) is 5.29. The molecule has 2 aromatic carbocycles. The van der Waals surface area contributed by atoms with Gasteiger partial charge in [0.15, 0.2) is 0 Å². The van der Waals surface area contributed by atoms with Crippen molar-refractivity contribution in [3.05, 3.63) is 58.9 Å². The van der Waals surface area contributed by atoms with Crippen molar-refractivity contribution >= 4 is 5.91 Å². The topological polar surface area (TPSA) is 74.6 Å². The van der Waals surface area contributed by atoms with Gasteiger partial charge in [0.2, 0.25) is 0 Å². The number of ether oxygens (including phenoxy) is 2. The van der Waals surface area contributed by atoms with Crippen molar-refractivity contribution in [1.29, 1.82) is 5.26 Å². The zero-order valence-electron chi connectivity index (χ0n) is 15.5. The molecule has 28 heavy (non-hydrogen) atoms. The van der Waals surface area contributed by atoms with E-state index in [0.29, 0.717) is 36.7 Å². The fraction of sp³-hybridized carbons (Fsp3) is 0.333. The minimum atomic E-state index is -0.557. The largest absolute Gasteiger partial charge is 0.496 e. The van der Waals surface area contributed by atoms with E-state index < -0.39 is 11.4 Å². The van der Waals surface area contributed by atoms with Gasteiger partial charge in [-0.25, -0.2) is 4.39 Å². The van der Waals surface area contributed by atoms with E-state index in [2.05, 4.69) is 16.3 Å². The summed E-state index contributed by atoms with van der Waals surface area (Å²) in [5.41, 5.74) is 1.21. The molecule has 0 saturated carbocycles. The molecule has 1 saturated heterocycles. The Labute approximate surface area is 162 Å². The van der Waals surface area contributed by atoms with E-state index in [1.807, 2.05) is 6.07 Å². The summed E-state index contributed by atoms with van der Waals surface area (Å²) >= 11 is 0. The highest BCUT2D eigenvalue weighted by Crippen LogP contribution is 2.34. The van der Waals surface area contributed by atoms with Gasteiger partial charge < -0.3 is 14.8 Å². The van der Waals surface area contributed by atoms with Crippen LogP contribution in [0.3, 0.4) is 0 Å². The van der Waals surface area contributed by atoms with E-state index in [4.69, 9.17) is 14.7 Å². The lowest BCUT2D eigenvalue weighted by Gasteiger charge is -2.29. The van der Waals surface area contributed by atoms with Gasteiger partial charge in [-0.15, -0.1) is 0 Å². The van der Waals surface area contributed by atoms with Crippen LogP contribution in [0.4, 0.5) is 4.39 Å². The van der Waals surface area contributed by atoms with Gasteiger partial charge in [0.25, 0.3) is 5.91 Å². The number of nitriles is 1. The normalized spacial score (nSPS) is 21.4. The molecule has 144 valence electrons. The monoisotopic (exact) mass is 381 g/mol. The molecule has 0 aliphatic carbocycles. The Morgan fingerprint density at radius 3 is 3.00 bits per heavy atom. The third kappa shape index (κ3) is 3.39. The van der Waals surface area contributed by atoms with E-state index in [9.17, 15) is 9.18 Å². The number of carbonyl (C=O) groups is 1. The molecule has 2 aromatic rings. The van der Waals surface area contributed by atoms with Gasteiger partial charge in [-0.1, -0.05) is 6.07 Å². The van der Waals surface area contributed by atoms with Crippen LogP contribution in [0, 0.1) is 17.1 Å². The summed E-state index contributed by atoms with van der Waals surface area (Å²) < 4.78 is 25.2. The Hall–Kier alpha value is -3.11. The molecule has 1 spiro atoms. The summed E-state index contributed by atoms with van der Waals surface area (Å²) in [5, 5.41) is 11.9. The first-order chi connectivity index (χ1) is 13.5. The van der Waals surface area contributed by atoms with Crippen molar-refractivity contribution in [2.45, 2.75) is 18.6 Å². The minimum absolute atomic E-state index is 0.226. The molecule has 0 radical (unpaired) electrons. The molecule has 0 unspecified atom stereocenters. The van der Waals surface area contributed by atoms with Gasteiger partial charge >= 0.3 is 0 Å². The fourth-order valence-corrected chi connectivity index (χ4v) is 3.85. The van der Waals surface area contributed by atoms with Crippen LogP contribution in [0.1, 0.15) is 27.9 Å². The molecular weight excluding hydrogens is 361 g/mol.